The molecular formula is C22H20ClF2N7O3. The number of carbonyl (C=O) groups excluding carboxylic acids is 1. The van der Waals surface area contributed by atoms with Crippen molar-refractivity contribution in [2.24, 2.45) is 5.73 Å². The molecule has 10 nitrogen and oxygen atoms in total. The number of carbonyl (C=O) groups is 1. The summed E-state index contributed by atoms with van der Waals surface area (Å²) in [5.41, 5.74) is 12.9. The molecule has 0 saturated heterocycles. The minimum Gasteiger partial charge on any atom is -0.396 e. The molecule has 4 aromatic rings. The van der Waals surface area contributed by atoms with Crippen LogP contribution >= 0.6 is 11.6 Å². The summed E-state index contributed by atoms with van der Waals surface area (Å²) in [6.45, 7) is 0.240. The molecule has 1 amide bonds. The third kappa shape index (κ3) is 6.91. The number of hydrogen-bond donors (Lipinski definition) is 4. The van der Waals surface area contributed by atoms with Crippen LogP contribution in [0.15, 0.2) is 59.3 Å². The van der Waals surface area contributed by atoms with E-state index in [-0.39, 0.29) is 40.4 Å². The summed E-state index contributed by atoms with van der Waals surface area (Å²) >= 11 is 5.96. The van der Waals surface area contributed by atoms with E-state index < -0.39 is 18.2 Å². The van der Waals surface area contributed by atoms with Crippen LogP contribution < -0.4 is 16.8 Å². The minimum atomic E-state index is -2.87. The molecular weight excluding hydrogens is 484 g/mol. The van der Waals surface area contributed by atoms with E-state index in [1.165, 1.54) is 23.9 Å². The zero-order valence-electron chi connectivity index (χ0n) is 18.0. The topological polar surface area (TPSA) is 166 Å². The molecule has 35 heavy (non-hydrogen) atoms. The standard InChI is InChI=1S/C14H10ClF2N7O2.C8H10O/c15-8-3-5(1-2-6(8)11(19)25)21-14-20-4-7(10(18)22-14)13-23-12(9(16)17)24-26-13;9-7-6-8-4-2-1-3-5-8/h1-4,9H,(H2,19,25)(H3,18,20,21,22);1-5,9H,6-7H2. The van der Waals surface area contributed by atoms with E-state index >= 15 is 0 Å². The van der Waals surface area contributed by atoms with Crippen LogP contribution in [0.2, 0.25) is 5.02 Å². The molecule has 2 heterocycles. The molecule has 0 aliphatic carbocycles. The van der Waals surface area contributed by atoms with E-state index in [2.05, 4.69) is 25.4 Å². The summed E-state index contributed by atoms with van der Waals surface area (Å²) in [5.74, 6) is -1.60. The Bertz CT molecular complexity index is 1290. The largest absolute Gasteiger partial charge is 0.396 e. The number of aliphatic hydroxyl groups is 1. The molecule has 182 valence electrons. The molecule has 0 spiro atoms. The van der Waals surface area contributed by atoms with Crippen molar-refractivity contribution < 1.29 is 23.2 Å². The molecule has 2 aromatic heterocycles. The molecule has 4 rings (SSSR count). The van der Waals surface area contributed by atoms with Gasteiger partial charge in [0, 0.05) is 18.5 Å². The Kier molecular flexibility index (Phi) is 8.59. The van der Waals surface area contributed by atoms with Crippen molar-refractivity contribution in [3.63, 3.8) is 0 Å². The average Bonchev–Trinajstić information content (AvgIpc) is 3.31. The Balaban J connectivity index is 0.000000320. The number of nitrogen functional groups attached to an aromatic ring is 1. The smallest absolute Gasteiger partial charge is 0.300 e. The van der Waals surface area contributed by atoms with Crippen molar-refractivity contribution in [3.05, 3.63) is 76.7 Å². The lowest BCUT2D eigenvalue weighted by Crippen LogP contribution is -2.11. The fourth-order valence-corrected chi connectivity index (χ4v) is 3.02. The summed E-state index contributed by atoms with van der Waals surface area (Å²) in [5, 5.41) is 14.6. The van der Waals surface area contributed by atoms with Gasteiger partial charge in [-0.05, 0) is 30.2 Å². The second-order valence-corrected chi connectivity index (χ2v) is 7.30. The summed E-state index contributed by atoms with van der Waals surface area (Å²) in [6, 6.07) is 14.4. The van der Waals surface area contributed by atoms with E-state index in [1.807, 2.05) is 30.3 Å². The van der Waals surface area contributed by atoms with Gasteiger partial charge in [0.05, 0.1) is 10.6 Å². The van der Waals surface area contributed by atoms with Crippen molar-refractivity contribution in [1.29, 1.82) is 0 Å². The van der Waals surface area contributed by atoms with Crippen molar-refractivity contribution in [2.45, 2.75) is 12.8 Å². The number of rotatable bonds is 7. The average molecular weight is 504 g/mol. The summed E-state index contributed by atoms with van der Waals surface area (Å²) in [7, 11) is 0. The quantitative estimate of drug-likeness (QED) is 0.293. The van der Waals surface area contributed by atoms with Crippen LogP contribution in [0.4, 0.5) is 26.2 Å². The number of primary amides is 1. The Labute approximate surface area is 203 Å². The number of aromatic nitrogens is 4. The van der Waals surface area contributed by atoms with E-state index in [4.69, 9.17) is 32.7 Å². The van der Waals surface area contributed by atoms with E-state index in [9.17, 15) is 13.6 Å². The lowest BCUT2D eigenvalue weighted by Gasteiger charge is -2.08. The number of halogens is 3. The maximum Gasteiger partial charge on any atom is 0.300 e. The lowest BCUT2D eigenvalue weighted by atomic mass is 10.2. The van der Waals surface area contributed by atoms with Crippen molar-refractivity contribution >= 4 is 35.0 Å². The highest BCUT2D eigenvalue weighted by Gasteiger charge is 2.19. The highest BCUT2D eigenvalue weighted by molar-refractivity contribution is 6.34. The lowest BCUT2D eigenvalue weighted by molar-refractivity contribution is 0.100. The molecule has 0 atom stereocenters. The SMILES string of the molecule is NC(=O)c1ccc(Nc2ncc(-c3nc(C(F)F)no3)c(N)n2)cc1Cl.OCCc1ccccc1. The number of nitrogens with two attached hydrogens (primary N) is 2. The van der Waals surface area contributed by atoms with Crippen molar-refractivity contribution in [1.82, 2.24) is 20.1 Å². The third-order valence-electron chi connectivity index (χ3n) is 4.42. The Morgan fingerprint density at radius 3 is 2.49 bits per heavy atom. The van der Waals surface area contributed by atoms with Crippen molar-refractivity contribution in [3.8, 4) is 11.5 Å². The van der Waals surface area contributed by atoms with Crippen molar-refractivity contribution in [2.75, 3.05) is 17.7 Å². The van der Waals surface area contributed by atoms with E-state index in [0.29, 0.717) is 5.69 Å². The number of aliphatic hydroxyl groups excluding tert-OH is 1. The van der Waals surface area contributed by atoms with Crippen LogP contribution in [0, 0.1) is 0 Å². The third-order valence-corrected chi connectivity index (χ3v) is 4.73. The van der Waals surface area contributed by atoms with Gasteiger partial charge in [0.1, 0.15) is 11.4 Å². The van der Waals surface area contributed by atoms with E-state index in [0.717, 1.165) is 6.42 Å². The summed E-state index contributed by atoms with van der Waals surface area (Å²) in [6.07, 6.45) is -0.864. The van der Waals surface area contributed by atoms with Crippen LogP contribution in [-0.4, -0.2) is 37.7 Å². The summed E-state index contributed by atoms with van der Waals surface area (Å²) in [4.78, 5) is 22.7. The first-order chi connectivity index (χ1) is 16.8. The molecule has 0 fully saturated rings. The molecule has 0 saturated carbocycles. The highest BCUT2D eigenvalue weighted by Crippen LogP contribution is 2.27. The number of anilines is 3. The van der Waals surface area contributed by atoms with Gasteiger partial charge in [-0.25, -0.2) is 13.8 Å². The van der Waals surface area contributed by atoms with E-state index in [1.54, 1.807) is 6.07 Å². The normalized spacial score (nSPS) is 10.5. The van der Waals surface area contributed by atoms with Gasteiger partial charge in [0.15, 0.2) is 0 Å². The molecule has 6 N–H and O–H groups in total. The Morgan fingerprint density at radius 1 is 1.17 bits per heavy atom. The number of alkyl halides is 2. The molecule has 0 radical (unpaired) electrons. The van der Waals surface area contributed by atoms with Gasteiger partial charge in [-0.15, -0.1) is 0 Å². The van der Waals surface area contributed by atoms with Gasteiger partial charge in [0.2, 0.25) is 17.7 Å². The van der Waals surface area contributed by atoms with Gasteiger partial charge in [-0.3, -0.25) is 4.79 Å². The maximum absolute atomic E-state index is 12.5. The predicted octanol–water partition coefficient (Wildman–Crippen LogP) is 3.76. The zero-order chi connectivity index (χ0) is 25.4. The number of benzene rings is 2. The monoisotopic (exact) mass is 503 g/mol. The molecule has 0 bridgehead atoms. The predicted molar refractivity (Wildman–Crippen MR) is 125 cm³/mol. The number of nitrogens with one attached hydrogen (secondary N) is 1. The maximum atomic E-state index is 12.5. The fraction of sp³-hybridized carbons (Fsp3) is 0.136. The van der Waals surface area contributed by atoms with Crippen LogP contribution in [0.25, 0.3) is 11.5 Å². The van der Waals surface area contributed by atoms with Gasteiger partial charge in [-0.1, -0.05) is 47.1 Å². The van der Waals surface area contributed by atoms with Crippen LogP contribution in [-0.2, 0) is 6.42 Å². The first-order valence-electron chi connectivity index (χ1n) is 10.0. The molecule has 0 aliphatic rings. The second kappa shape index (κ2) is 11.8. The summed E-state index contributed by atoms with van der Waals surface area (Å²) < 4.78 is 29.8. The van der Waals surface area contributed by atoms with Gasteiger partial charge in [-0.2, -0.15) is 9.97 Å². The van der Waals surface area contributed by atoms with Crippen LogP contribution in [0.5, 0.6) is 0 Å². The fourth-order valence-electron chi connectivity index (χ4n) is 2.75. The highest BCUT2D eigenvalue weighted by atomic mass is 35.5. The van der Waals surface area contributed by atoms with Gasteiger partial charge < -0.3 is 26.4 Å². The van der Waals surface area contributed by atoms with Gasteiger partial charge in [0.25, 0.3) is 5.89 Å². The Hall–Kier alpha value is -4.16. The second-order valence-electron chi connectivity index (χ2n) is 6.89. The Morgan fingerprint density at radius 2 is 1.91 bits per heavy atom. The number of amides is 1. The molecule has 13 heteroatoms. The minimum absolute atomic E-state index is 0.0631. The van der Waals surface area contributed by atoms with Crippen LogP contribution in [0.1, 0.15) is 28.2 Å². The molecule has 2 aromatic carbocycles. The van der Waals surface area contributed by atoms with Gasteiger partial charge >= 0.3 is 6.43 Å². The molecule has 0 unspecified atom stereocenters. The molecule has 0 aliphatic heterocycles. The first-order valence-corrected chi connectivity index (χ1v) is 10.4. The number of nitrogens with zero attached hydrogens (tertiary/aromatic N) is 4. The van der Waals surface area contributed by atoms with Crippen LogP contribution in [0.3, 0.4) is 0 Å². The zero-order valence-corrected chi connectivity index (χ0v) is 18.8. The number of hydrogen-bond acceptors (Lipinski definition) is 9. The first kappa shape index (κ1) is 25.5.